The molecule has 5 heteroatoms. The molecule has 102 valence electrons. The fourth-order valence-electron chi connectivity index (χ4n) is 1.73. The maximum Gasteiger partial charge on any atom is 0.158 e. The number of hydrogen-bond acceptors (Lipinski definition) is 5. The molecule has 1 aromatic heterocycles. The van der Waals surface area contributed by atoms with Crippen molar-refractivity contribution in [2.24, 2.45) is 0 Å². The van der Waals surface area contributed by atoms with Crippen molar-refractivity contribution in [3.05, 3.63) is 54.0 Å². The number of hydrogen-bond donors (Lipinski definition) is 0. The van der Waals surface area contributed by atoms with Gasteiger partial charge >= 0.3 is 0 Å². The monoisotopic (exact) mass is 284 g/mol. The van der Waals surface area contributed by atoms with Gasteiger partial charge in [0.15, 0.2) is 5.69 Å². The molecule has 0 aliphatic rings. The molecule has 0 spiro atoms. The van der Waals surface area contributed by atoms with Crippen molar-refractivity contribution in [2.45, 2.75) is 11.6 Å². The molecular formula is C15H16N4S. The smallest absolute Gasteiger partial charge is 0.158 e. The van der Waals surface area contributed by atoms with Gasteiger partial charge in [0.05, 0.1) is 12.4 Å². The minimum atomic E-state index is 0.357. The molecule has 0 saturated heterocycles. The van der Waals surface area contributed by atoms with Gasteiger partial charge in [0.2, 0.25) is 0 Å². The van der Waals surface area contributed by atoms with E-state index in [0.717, 1.165) is 23.9 Å². The van der Waals surface area contributed by atoms with E-state index in [4.69, 9.17) is 5.26 Å². The largest absolute Gasteiger partial charge is 0.301 e. The molecule has 0 bridgehead atoms. The molecular weight excluding hydrogens is 268 g/mol. The van der Waals surface area contributed by atoms with Crippen LogP contribution in [0.2, 0.25) is 0 Å². The van der Waals surface area contributed by atoms with Crippen molar-refractivity contribution >= 4 is 11.8 Å². The van der Waals surface area contributed by atoms with E-state index in [1.807, 2.05) is 12.1 Å². The summed E-state index contributed by atoms with van der Waals surface area (Å²) in [5, 5.41) is 9.51. The highest BCUT2D eigenvalue weighted by Gasteiger charge is 2.02. The molecule has 0 radical (unpaired) electrons. The van der Waals surface area contributed by atoms with Gasteiger partial charge in [-0.15, -0.1) is 11.8 Å². The van der Waals surface area contributed by atoms with Crippen LogP contribution in [0.5, 0.6) is 0 Å². The first kappa shape index (κ1) is 14.5. The lowest BCUT2D eigenvalue weighted by atomic mass is 10.2. The zero-order chi connectivity index (χ0) is 14.2. The minimum Gasteiger partial charge on any atom is -0.301 e. The Morgan fingerprint density at radius 1 is 1.20 bits per heavy atom. The highest BCUT2D eigenvalue weighted by Crippen LogP contribution is 2.14. The molecule has 0 fully saturated rings. The summed E-state index contributed by atoms with van der Waals surface area (Å²) in [5.74, 6) is 0.948. The lowest BCUT2D eigenvalue weighted by Crippen LogP contribution is -2.20. The van der Waals surface area contributed by atoms with Crippen LogP contribution >= 0.6 is 11.8 Å². The number of rotatable bonds is 6. The van der Waals surface area contributed by atoms with Crippen molar-refractivity contribution in [1.29, 1.82) is 5.26 Å². The van der Waals surface area contributed by atoms with Crippen molar-refractivity contribution in [3.8, 4) is 6.07 Å². The lowest BCUT2D eigenvalue weighted by Gasteiger charge is -2.16. The maximum absolute atomic E-state index is 8.65. The van der Waals surface area contributed by atoms with Gasteiger partial charge in [0, 0.05) is 18.8 Å². The molecule has 0 saturated carbocycles. The van der Waals surface area contributed by atoms with E-state index in [9.17, 15) is 0 Å². The topological polar surface area (TPSA) is 52.8 Å². The summed E-state index contributed by atoms with van der Waals surface area (Å²) < 4.78 is 0. The Morgan fingerprint density at radius 3 is 2.65 bits per heavy atom. The second-order valence-electron chi connectivity index (χ2n) is 4.42. The van der Waals surface area contributed by atoms with E-state index in [-0.39, 0.29) is 0 Å². The molecule has 2 aromatic rings. The summed E-state index contributed by atoms with van der Waals surface area (Å²) in [6.45, 7) is 1.92. The molecule has 1 heterocycles. The van der Waals surface area contributed by atoms with Crippen molar-refractivity contribution in [1.82, 2.24) is 14.9 Å². The van der Waals surface area contributed by atoms with Crippen LogP contribution in [0.1, 0.15) is 11.3 Å². The fraction of sp³-hybridized carbons (Fsp3) is 0.267. The summed E-state index contributed by atoms with van der Waals surface area (Å²) in [5.41, 5.74) is 1.67. The van der Waals surface area contributed by atoms with E-state index in [0.29, 0.717) is 5.69 Å². The van der Waals surface area contributed by atoms with Gasteiger partial charge in [0.25, 0.3) is 0 Å². The number of benzene rings is 1. The Balaban J connectivity index is 1.73. The van der Waals surface area contributed by atoms with Crippen LogP contribution in [-0.4, -0.2) is 34.2 Å². The first-order valence-electron chi connectivity index (χ1n) is 6.35. The Labute approximate surface area is 123 Å². The number of nitriles is 1. The molecule has 0 amide bonds. The van der Waals surface area contributed by atoms with Gasteiger partial charge in [-0.25, -0.2) is 9.97 Å². The van der Waals surface area contributed by atoms with Crippen LogP contribution in [0.3, 0.4) is 0 Å². The number of thioether (sulfide) groups is 1. The predicted octanol–water partition coefficient (Wildman–Crippen LogP) is 2.57. The molecule has 0 unspecified atom stereocenters. The normalized spacial score (nSPS) is 10.4. The summed E-state index contributed by atoms with van der Waals surface area (Å²) >= 11 is 1.65. The average molecular weight is 284 g/mol. The highest BCUT2D eigenvalue weighted by molar-refractivity contribution is 7.99. The van der Waals surface area contributed by atoms with E-state index >= 15 is 0 Å². The third-order valence-corrected chi connectivity index (χ3v) is 3.65. The van der Waals surface area contributed by atoms with Crippen LogP contribution in [0.25, 0.3) is 0 Å². The molecule has 0 aliphatic heterocycles. The maximum atomic E-state index is 8.65. The van der Waals surface area contributed by atoms with Crippen LogP contribution < -0.4 is 0 Å². The van der Waals surface area contributed by atoms with Crippen LogP contribution in [-0.2, 0) is 6.54 Å². The quantitative estimate of drug-likeness (QED) is 0.763. The highest BCUT2D eigenvalue weighted by atomic mass is 32.2. The predicted molar refractivity (Wildman–Crippen MR) is 80.2 cm³/mol. The second-order valence-corrected chi connectivity index (χ2v) is 5.54. The van der Waals surface area contributed by atoms with Gasteiger partial charge in [0.1, 0.15) is 11.1 Å². The van der Waals surface area contributed by atoms with E-state index in [2.05, 4.69) is 46.2 Å². The van der Waals surface area contributed by atoms with Crippen molar-refractivity contribution in [3.63, 3.8) is 0 Å². The minimum absolute atomic E-state index is 0.357. The van der Waals surface area contributed by atoms with Crippen molar-refractivity contribution < 1.29 is 0 Å². The zero-order valence-corrected chi connectivity index (χ0v) is 12.2. The first-order valence-corrected chi connectivity index (χ1v) is 7.34. The standard InChI is InChI=1S/C15H16N4S/c1-19(12-13-5-3-2-4-6-13)7-8-20-15-11-17-14(9-16)10-18-15/h2-6,10-11H,7-8,12H2,1H3. The lowest BCUT2D eigenvalue weighted by molar-refractivity contribution is 0.348. The third-order valence-electron chi connectivity index (χ3n) is 2.76. The Bertz CT molecular complexity index is 563. The summed E-state index contributed by atoms with van der Waals surface area (Å²) in [6.07, 6.45) is 3.16. The van der Waals surface area contributed by atoms with Crippen molar-refractivity contribution in [2.75, 3.05) is 19.3 Å². The molecule has 0 aliphatic carbocycles. The van der Waals surface area contributed by atoms with Gasteiger partial charge in [-0.05, 0) is 12.6 Å². The number of nitrogens with zero attached hydrogens (tertiary/aromatic N) is 4. The number of aromatic nitrogens is 2. The average Bonchev–Trinajstić information content (AvgIpc) is 2.49. The van der Waals surface area contributed by atoms with Gasteiger partial charge in [-0.1, -0.05) is 30.3 Å². The van der Waals surface area contributed by atoms with E-state index in [1.54, 1.807) is 18.0 Å². The second kappa shape index (κ2) is 7.63. The van der Waals surface area contributed by atoms with Crippen LogP contribution in [0.15, 0.2) is 47.8 Å². The SMILES string of the molecule is CN(CCSc1cnc(C#N)cn1)Cc1ccccc1. The molecule has 1 aromatic carbocycles. The molecule has 4 nitrogen and oxygen atoms in total. The first-order chi connectivity index (χ1) is 9.78. The van der Waals surface area contributed by atoms with Gasteiger partial charge in [-0.3, -0.25) is 0 Å². The molecule has 2 rings (SSSR count). The van der Waals surface area contributed by atoms with Gasteiger partial charge < -0.3 is 4.90 Å². The third kappa shape index (κ3) is 4.65. The Kier molecular flexibility index (Phi) is 5.54. The van der Waals surface area contributed by atoms with E-state index in [1.165, 1.54) is 11.8 Å². The molecule has 20 heavy (non-hydrogen) atoms. The van der Waals surface area contributed by atoms with E-state index < -0.39 is 0 Å². The molecule has 0 N–H and O–H groups in total. The summed E-state index contributed by atoms with van der Waals surface area (Å²) in [4.78, 5) is 10.5. The van der Waals surface area contributed by atoms with Crippen LogP contribution in [0.4, 0.5) is 0 Å². The fourth-order valence-corrected chi connectivity index (χ4v) is 2.60. The van der Waals surface area contributed by atoms with Gasteiger partial charge in [-0.2, -0.15) is 5.26 Å². The van der Waals surface area contributed by atoms with Crippen LogP contribution in [0, 0.1) is 11.3 Å². The Morgan fingerprint density at radius 2 is 2.00 bits per heavy atom. The zero-order valence-electron chi connectivity index (χ0n) is 11.4. The summed E-state index contributed by atoms with van der Waals surface area (Å²) in [7, 11) is 2.11. The summed E-state index contributed by atoms with van der Waals surface area (Å²) in [6, 6.07) is 12.4. The molecule has 0 atom stereocenters. The Hall–Kier alpha value is -1.90.